The molecule has 6 nitrogen and oxygen atoms in total. The Labute approximate surface area is 176 Å². The number of rotatable bonds is 8. The number of carbonyl (C=O) groups excluding carboxylic acids is 2. The number of pyridine rings is 1. The lowest BCUT2D eigenvalue weighted by molar-refractivity contribution is -0.137. The van der Waals surface area contributed by atoms with E-state index in [1.165, 1.54) is 17.8 Å². The van der Waals surface area contributed by atoms with Gasteiger partial charge in [0.25, 0.3) is 0 Å². The molecule has 0 radical (unpaired) electrons. The van der Waals surface area contributed by atoms with Gasteiger partial charge in [-0.2, -0.15) is 0 Å². The molecule has 1 aliphatic carbocycles. The van der Waals surface area contributed by atoms with Gasteiger partial charge in [-0.3, -0.25) is 14.6 Å². The second-order valence-corrected chi connectivity index (χ2v) is 8.84. The molecule has 29 heavy (non-hydrogen) atoms. The van der Waals surface area contributed by atoms with Crippen LogP contribution >= 0.6 is 11.3 Å². The Morgan fingerprint density at radius 3 is 2.66 bits per heavy atom. The average Bonchev–Trinajstić information content (AvgIpc) is 3.22. The number of anilines is 1. The molecular formula is C22H30N4O2S. The molecule has 0 bridgehead atoms. The molecule has 2 heterocycles. The molecule has 156 valence electrons. The Morgan fingerprint density at radius 2 is 2.03 bits per heavy atom. The fourth-order valence-electron chi connectivity index (χ4n) is 4.40. The summed E-state index contributed by atoms with van der Waals surface area (Å²) >= 11 is 1.41. The summed E-state index contributed by atoms with van der Waals surface area (Å²) in [5, 5.41) is 5.35. The van der Waals surface area contributed by atoms with Crippen LogP contribution in [0.4, 0.5) is 5.13 Å². The third-order valence-electron chi connectivity index (χ3n) is 5.95. The van der Waals surface area contributed by atoms with Crippen molar-refractivity contribution in [2.24, 2.45) is 5.41 Å². The summed E-state index contributed by atoms with van der Waals surface area (Å²) in [4.78, 5) is 36.2. The van der Waals surface area contributed by atoms with Crippen LogP contribution in [0.3, 0.4) is 0 Å². The third kappa shape index (κ3) is 5.63. The summed E-state index contributed by atoms with van der Waals surface area (Å²) in [7, 11) is 0. The predicted octanol–water partition coefficient (Wildman–Crippen LogP) is 4.82. The number of aromatic nitrogens is 2. The molecule has 0 aromatic carbocycles. The highest BCUT2D eigenvalue weighted by molar-refractivity contribution is 7.13. The molecule has 0 saturated heterocycles. The first-order chi connectivity index (χ1) is 14.0. The first-order valence-corrected chi connectivity index (χ1v) is 11.3. The van der Waals surface area contributed by atoms with Gasteiger partial charge in [0.15, 0.2) is 5.13 Å². The van der Waals surface area contributed by atoms with Gasteiger partial charge >= 0.3 is 0 Å². The van der Waals surface area contributed by atoms with Crippen LogP contribution in [0.5, 0.6) is 0 Å². The summed E-state index contributed by atoms with van der Waals surface area (Å²) < 4.78 is 0. The van der Waals surface area contributed by atoms with Crippen LogP contribution in [0.15, 0.2) is 36.1 Å². The van der Waals surface area contributed by atoms with Crippen molar-refractivity contribution in [3.05, 3.63) is 41.7 Å². The van der Waals surface area contributed by atoms with Crippen molar-refractivity contribution in [3.63, 3.8) is 0 Å². The van der Waals surface area contributed by atoms with E-state index in [0.717, 1.165) is 31.2 Å². The van der Waals surface area contributed by atoms with Gasteiger partial charge in [-0.1, -0.05) is 25.3 Å². The number of thiazole rings is 1. The van der Waals surface area contributed by atoms with Crippen molar-refractivity contribution >= 4 is 28.3 Å². The van der Waals surface area contributed by atoms with Gasteiger partial charge in [-0.15, -0.1) is 11.3 Å². The number of hydrogen-bond donors (Lipinski definition) is 1. The number of nitrogens with one attached hydrogen (secondary N) is 1. The standard InChI is InChI=1S/C22H30N4O2S/c1-3-26(17(2)18-8-7-11-23-16-18)20(28)15-22(9-5-4-6-10-22)14-19(27)25-21-24-12-13-29-21/h7-8,11-13,16-17H,3-6,9-10,14-15H2,1-2H3,(H,24,25,27). The summed E-state index contributed by atoms with van der Waals surface area (Å²) in [5.74, 6) is 0.0748. The molecule has 1 fully saturated rings. The van der Waals surface area contributed by atoms with Crippen molar-refractivity contribution in [1.29, 1.82) is 0 Å². The van der Waals surface area contributed by atoms with E-state index in [2.05, 4.69) is 15.3 Å². The molecule has 2 aromatic rings. The first-order valence-electron chi connectivity index (χ1n) is 10.4. The molecule has 1 unspecified atom stereocenters. The van der Waals surface area contributed by atoms with Crippen LogP contribution in [-0.2, 0) is 9.59 Å². The normalized spacial score (nSPS) is 16.8. The van der Waals surface area contributed by atoms with Gasteiger partial charge in [0.1, 0.15) is 0 Å². The van der Waals surface area contributed by atoms with Crippen LogP contribution in [0.25, 0.3) is 0 Å². The maximum absolute atomic E-state index is 13.3. The van der Waals surface area contributed by atoms with E-state index in [-0.39, 0.29) is 23.3 Å². The number of carbonyl (C=O) groups is 2. The Bertz CT molecular complexity index is 788. The van der Waals surface area contributed by atoms with E-state index < -0.39 is 0 Å². The van der Waals surface area contributed by atoms with Gasteiger partial charge in [-0.25, -0.2) is 4.98 Å². The van der Waals surface area contributed by atoms with Crippen molar-refractivity contribution < 1.29 is 9.59 Å². The molecule has 2 aromatic heterocycles. The smallest absolute Gasteiger partial charge is 0.226 e. The monoisotopic (exact) mass is 414 g/mol. The van der Waals surface area contributed by atoms with E-state index >= 15 is 0 Å². The molecule has 7 heteroatoms. The first kappa shape index (κ1) is 21.4. The number of nitrogens with zero attached hydrogens (tertiary/aromatic N) is 3. The zero-order valence-corrected chi connectivity index (χ0v) is 18.1. The number of amides is 2. The van der Waals surface area contributed by atoms with Crippen LogP contribution in [0.2, 0.25) is 0 Å². The lowest BCUT2D eigenvalue weighted by Crippen LogP contribution is -2.39. The SMILES string of the molecule is CCN(C(=O)CC1(CC(=O)Nc2nccs2)CCCCC1)C(C)c1cccnc1. The van der Waals surface area contributed by atoms with E-state index in [1.807, 2.05) is 42.5 Å². The maximum Gasteiger partial charge on any atom is 0.226 e. The van der Waals surface area contributed by atoms with E-state index in [4.69, 9.17) is 0 Å². The second kappa shape index (κ2) is 9.96. The zero-order chi connectivity index (χ0) is 20.7. The molecule has 2 amide bonds. The summed E-state index contributed by atoms with van der Waals surface area (Å²) in [6.45, 7) is 4.69. The van der Waals surface area contributed by atoms with Crippen LogP contribution in [0.1, 0.15) is 70.4 Å². The van der Waals surface area contributed by atoms with E-state index in [1.54, 1.807) is 12.4 Å². The van der Waals surface area contributed by atoms with Crippen LogP contribution in [-0.4, -0.2) is 33.2 Å². The fraction of sp³-hybridized carbons (Fsp3) is 0.545. The largest absolute Gasteiger partial charge is 0.336 e. The van der Waals surface area contributed by atoms with Gasteiger partial charge in [0, 0.05) is 43.4 Å². The molecule has 1 atom stereocenters. The Hall–Kier alpha value is -2.28. The minimum absolute atomic E-state index is 0.0361. The van der Waals surface area contributed by atoms with E-state index in [9.17, 15) is 9.59 Å². The molecule has 3 rings (SSSR count). The summed E-state index contributed by atoms with van der Waals surface area (Å²) in [6, 6.07) is 3.87. The molecule has 0 spiro atoms. The highest BCUT2D eigenvalue weighted by Crippen LogP contribution is 2.43. The van der Waals surface area contributed by atoms with Crippen molar-refractivity contribution in [3.8, 4) is 0 Å². The Morgan fingerprint density at radius 1 is 1.24 bits per heavy atom. The van der Waals surface area contributed by atoms with Crippen molar-refractivity contribution in [2.45, 2.75) is 64.8 Å². The van der Waals surface area contributed by atoms with Gasteiger partial charge in [-0.05, 0) is 43.7 Å². The van der Waals surface area contributed by atoms with E-state index in [0.29, 0.717) is 24.5 Å². The highest BCUT2D eigenvalue weighted by atomic mass is 32.1. The topological polar surface area (TPSA) is 75.2 Å². The minimum atomic E-state index is -0.265. The van der Waals surface area contributed by atoms with Crippen molar-refractivity contribution in [1.82, 2.24) is 14.9 Å². The molecular weight excluding hydrogens is 384 g/mol. The third-order valence-corrected chi connectivity index (χ3v) is 6.64. The highest BCUT2D eigenvalue weighted by Gasteiger charge is 2.38. The molecule has 1 N–H and O–H groups in total. The Kier molecular flexibility index (Phi) is 7.36. The molecule has 1 aliphatic rings. The maximum atomic E-state index is 13.3. The quantitative estimate of drug-likeness (QED) is 0.672. The lowest BCUT2D eigenvalue weighted by Gasteiger charge is -2.39. The predicted molar refractivity (Wildman–Crippen MR) is 116 cm³/mol. The minimum Gasteiger partial charge on any atom is -0.336 e. The molecule has 0 aliphatic heterocycles. The number of hydrogen-bond acceptors (Lipinski definition) is 5. The average molecular weight is 415 g/mol. The fourth-order valence-corrected chi connectivity index (χ4v) is 4.94. The molecule has 1 saturated carbocycles. The Balaban J connectivity index is 1.71. The van der Waals surface area contributed by atoms with Crippen LogP contribution in [0, 0.1) is 5.41 Å². The lowest BCUT2D eigenvalue weighted by atomic mass is 9.69. The zero-order valence-electron chi connectivity index (χ0n) is 17.3. The second-order valence-electron chi connectivity index (χ2n) is 7.94. The summed E-state index contributed by atoms with van der Waals surface area (Å²) in [6.07, 6.45) is 11.2. The van der Waals surface area contributed by atoms with Gasteiger partial charge in [0.2, 0.25) is 11.8 Å². The summed E-state index contributed by atoms with van der Waals surface area (Å²) in [5.41, 5.74) is 0.764. The van der Waals surface area contributed by atoms with Gasteiger partial charge in [0.05, 0.1) is 6.04 Å². The van der Waals surface area contributed by atoms with Crippen molar-refractivity contribution in [2.75, 3.05) is 11.9 Å². The van der Waals surface area contributed by atoms with Gasteiger partial charge < -0.3 is 10.2 Å². The van der Waals surface area contributed by atoms with Crippen LogP contribution < -0.4 is 5.32 Å².